The van der Waals surface area contributed by atoms with Crippen molar-refractivity contribution in [1.29, 1.82) is 0 Å². The molecule has 2 unspecified atom stereocenters. The van der Waals surface area contributed by atoms with Crippen LogP contribution in [0.5, 0.6) is 0 Å². The van der Waals surface area contributed by atoms with Gasteiger partial charge in [0.25, 0.3) is 0 Å². The van der Waals surface area contributed by atoms with Crippen LogP contribution in [0, 0.1) is 17.8 Å². The molecule has 1 aromatic carbocycles. The molecule has 0 amide bonds. The molecule has 0 radical (unpaired) electrons. The zero-order valence-electron chi connectivity index (χ0n) is 8.45. The SMILES string of the molecule is c1ccc(CCC2C3CNCC23)cc1. The van der Waals surface area contributed by atoms with Crippen LogP contribution >= 0.6 is 0 Å². The number of hydrogen-bond donors (Lipinski definition) is 1. The Labute approximate surface area is 85.5 Å². The second kappa shape index (κ2) is 3.39. The molecule has 74 valence electrons. The van der Waals surface area contributed by atoms with E-state index in [1.54, 1.807) is 0 Å². The Hall–Kier alpha value is -0.820. The van der Waals surface area contributed by atoms with Gasteiger partial charge in [0, 0.05) is 0 Å². The van der Waals surface area contributed by atoms with E-state index in [1.165, 1.54) is 31.5 Å². The molecule has 1 N–H and O–H groups in total. The highest BCUT2D eigenvalue weighted by atomic mass is 15.0. The van der Waals surface area contributed by atoms with Gasteiger partial charge in [-0.25, -0.2) is 0 Å². The maximum absolute atomic E-state index is 3.45. The molecule has 14 heavy (non-hydrogen) atoms. The van der Waals surface area contributed by atoms with Crippen LogP contribution in [0.3, 0.4) is 0 Å². The lowest BCUT2D eigenvalue weighted by atomic mass is 10.1. The largest absolute Gasteiger partial charge is 0.316 e. The first-order valence-corrected chi connectivity index (χ1v) is 5.70. The van der Waals surface area contributed by atoms with E-state index < -0.39 is 0 Å². The summed E-state index contributed by atoms with van der Waals surface area (Å²) >= 11 is 0. The molecule has 2 fully saturated rings. The summed E-state index contributed by atoms with van der Waals surface area (Å²) in [7, 11) is 0. The molecule has 1 saturated carbocycles. The van der Waals surface area contributed by atoms with Gasteiger partial charge in [0.15, 0.2) is 0 Å². The smallest absolute Gasteiger partial charge is 0.00144 e. The van der Waals surface area contributed by atoms with Gasteiger partial charge in [0.1, 0.15) is 0 Å². The third-order valence-corrected chi connectivity index (χ3v) is 3.88. The Morgan fingerprint density at radius 2 is 1.79 bits per heavy atom. The minimum atomic E-state index is 1.03. The fourth-order valence-electron chi connectivity index (χ4n) is 2.95. The van der Waals surface area contributed by atoms with Crippen LogP contribution in [0.15, 0.2) is 30.3 Å². The van der Waals surface area contributed by atoms with E-state index in [0.29, 0.717) is 0 Å². The maximum Gasteiger partial charge on any atom is -0.00144 e. The number of benzene rings is 1. The average molecular weight is 187 g/mol. The fourth-order valence-corrected chi connectivity index (χ4v) is 2.95. The Kier molecular flexibility index (Phi) is 2.06. The van der Waals surface area contributed by atoms with Gasteiger partial charge in [-0.3, -0.25) is 0 Å². The van der Waals surface area contributed by atoms with E-state index in [2.05, 4.69) is 35.6 Å². The van der Waals surface area contributed by atoms with Crippen molar-refractivity contribution in [3.63, 3.8) is 0 Å². The fraction of sp³-hybridized carbons (Fsp3) is 0.538. The van der Waals surface area contributed by atoms with E-state index in [0.717, 1.165) is 17.8 Å². The summed E-state index contributed by atoms with van der Waals surface area (Å²) in [5.74, 6) is 3.09. The molecule has 0 spiro atoms. The molecule has 1 aromatic rings. The van der Waals surface area contributed by atoms with Gasteiger partial charge in [-0.05, 0) is 49.2 Å². The zero-order valence-corrected chi connectivity index (χ0v) is 8.45. The molecular weight excluding hydrogens is 170 g/mol. The van der Waals surface area contributed by atoms with Crippen molar-refractivity contribution in [2.45, 2.75) is 12.8 Å². The van der Waals surface area contributed by atoms with Crippen molar-refractivity contribution >= 4 is 0 Å². The Morgan fingerprint density at radius 1 is 1.07 bits per heavy atom. The lowest BCUT2D eigenvalue weighted by Gasteiger charge is -2.04. The molecule has 1 aliphatic carbocycles. The van der Waals surface area contributed by atoms with Crippen LogP contribution < -0.4 is 5.32 Å². The Bertz CT molecular complexity index is 296. The Morgan fingerprint density at radius 3 is 2.50 bits per heavy atom. The minimum absolute atomic E-state index is 1.03. The van der Waals surface area contributed by atoms with E-state index >= 15 is 0 Å². The van der Waals surface area contributed by atoms with Crippen molar-refractivity contribution < 1.29 is 0 Å². The van der Waals surface area contributed by atoms with Gasteiger partial charge < -0.3 is 5.32 Å². The molecule has 2 aliphatic rings. The summed E-state index contributed by atoms with van der Waals surface area (Å²) in [6.07, 6.45) is 2.68. The van der Waals surface area contributed by atoms with Crippen molar-refractivity contribution in [2.75, 3.05) is 13.1 Å². The van der Waals surface area contributed by atoms with Crippen molar-refractivity contribution in [1.82, 2.24) is 5.32 Å². The number of rotatable bonds is 3. The first-order chi connectivity index (χ1) is 6.95. The van der Waals surface area contributed by atoms with Crippen LogP contribution in [0.2, 0.25) is 0 Å². The first kappa shape index (κ1) is 8.49. The zero-order chi connectivity index (χ0) is 9.38. The molecule has 1 heterocycles. The number of hydrogen-bond acceptors (Lipinski definition) is 1. The van der Waals surface area contributed by atoms with Crippen LogP contribution in [-0.2, 0) is 6.42 Å². The molecule has 1 heteroatoms. The van der Waals surface area contributed by atoms with E-state index in [4.69, 9.17) is 0 Å². The molecule has 1 saturated heterocycles. The lowest BCUT2D eigenvalue weighted by Crippen LogP contribution is -2.14. The number of fused-ring (bicyclic) bond motifs is 1. The third kappa shape index (κ3) is 1.46. The van der Waals surface area contributed by atoms with Gasteiger partial charge >= 0.3 is 0 Å². The quantitative estimate of drug-likeness (QED) is 0.764. The van der Waals surface area contributed by atoms with E-state index in [-0.39, 0.29) is 0 Å². The highest BCUT2D eigenvalue weighted by Gasteiger charge is 2.51. The number of nitrogens with one attached hydrogen (secondary N) is 1. The van der Waals surface area contributed by atoms with Crippen molar-refractivity contribution in [3.8, 4) is 0 Å². The topological polar surface area (TPSA) is 12.0 Å². The minimum Gasteiger partial charge on any atom is -0.316 e. The average Bonchev–Trinajstić information content (AvgIpc) is 2.69. The van der Waals surface area contributed by atoms with Crippen LogP contribution in [0.25, 0.3) is 0 Å². The highest BCUT2D eigenvalue weighted by Crippen LogP contribution is 2.51. The summed E-state index contributed by atoms with van der Waals surface area (Å²) in [6.45, 7) is 2.56. The summed E-state index contributed by atoms with van der Waals surface area (Å²) in [5.41, 5.74) is 1.51. The normalized spacial score (nSPS) is 34.1. The third-order valence-electron chi connectivity index (χ3n) is 3.88. The molecule has 2 atom stereocenters. The second-order valence-corrected chi connectivity index (χ2v) is 4.67. The molecular formula is C13H17N. The predicted molar refractivity (Wildman–Crippen MR) is 58.1 cm³/mol. The molecule has 0 aromatic heterocycles. The van der Waals surface area contributed by atoms with Crippen LogP contribution in [0.1, 0.15) is 12.0 Å². The van der Waals surface area contributed by atoms with Crippen LogP contribution in [0.4, 0.5) is 0 Å². The predicted octanol–water partition coefficient (Wildman–Crippen LogP) is 2.08. The molecule has 0 bridgehead atoms. The first-order valence-electron chi connectivity index (χ1n) is 5.70. The molecule has 1 nitrogen and oxygen atoms in total. The van der Waals surface area contributed by atoms with Gasteiger partial charge in [0.05, 0.1) is 0 Å². The van der Waals surface area contributed by atoms with Crippen LogP contribution in [-0.4, -0.2) is 13.1 Å². The molecule has 3 rings (SSSR count). The van der Waals surface area contributed by atoms with Gasteiger partial charge in [-0.2, -0.15) is 0 Å². The maximum atomic E-state index is 3.45. The Balaban J connectivity index is 1.52. The highest BCUT2D eigenvalue weighted by molar-refractivity contribution is 5.15. The van der Waals surface area contributed by atoms with Crippen molar-refractivity contribution in [2.24, 2.45) is 17.8 Å². The van der Waals surface area contributed by atoms with E-state index in [9.17, 15) is 0 Å². The molecule has 1 aliphatic heterocycles. The summed E-state index contributed by atoms with van der Waals surface area (Å²) < 4.78 is 0. The van der Waals surface area contributed by atoms with E-state index in [1.807, 2.05) is 0 Å². The monoisotopic (exact) mass is 187 g/mol. The standard InChI is InChI=1S/C13H17N/c1-2-4-10(5-3-1)6-7-11-12-8-14-9-13(11)12/h1-5,11-14H,6-9H2. The second-order valence-electron chi connectivity index (χ2n) is 4.67. The van der Waals surface area contributed by atoms with Gasteiger partial charge in [-0.1, -0.05) is 30.3 Å². The lowest BCUT2D eigenvalue weighted by molar-refractivity contribution is 0.560. The summed E-state index contributed by atoms with van der Waals surface area (Å²) in [5, 5.41) is 3.45. The van der Waals surface area contributed by atoms with Gasteiger partial charge in [-0.15, -0.1) is 0 Å². The number of piperidine rings is 1. The summed E-state index contributed by atoms with van der Waals surface area (Å²) in [6, 6.07) is 10.9. The van der Waals surface area contributed by atoms with Gasteiger partial charge in [0.2, 0.25) is 0 Å². The summed E-state index contributed by atoms with van der Waals surface area (Å²) in [4.78, 5) is 0. The number of aryl methyl sites for hydroxylation is 1. The van der Waals surface area contributed by atoms with Crippen molar-refractivity contribution in [3.05, 3.63) is 35.9 Å².